The standard InChI is InChI=1S/C16H31N3O3/c1-15(2,3)22-14(20)19-9-8-17-13(11-19)18-12-16(4,5)7-10-21-6/h7-12H2,1-6H3,(H,17,18). The third-order valence-corrected chi connectivity index (χ3v) is 3.42. The van der Waals surface area contributed by atoms with Gasteiger partial charge in [0.05, 0.1) is 13.1 Å². The molecule has 0 unspecified atom stereocenters. The molecule has 1 aliphatic rings. The predicted molar refractivity (Wildman–Crippen MR) is 88.4 cm³/mol. The van der Waals surface area contributed by atoms with Crippen molar-refractivity contribution < 1.29 is 14.3 Å². The number of carbonyl (C=O) groups excluding carboxylic acids is 1. The van der Waals surface area contributed by atoms with Gasteiger partial charge in [-0.25, -0.2) is 4.79 Å². The zero-order chi connectivity index (χ0) is 16.8. The number of carbonyl (C=O) groups is 1. The highest BCUT2D eigenvalue weighted by molar-refractivity contribution is 5.87. The van der Waals surface area contributed by atoms with Gasteiger partial charge in [-0.1, -0.05) is 13.8 Å². The lowest BCUT2D eigenvalue weighted by atomic mass is 9.89. The van der Waals surface area contributed by atoms with Gasteiger partial charge in [0.25, 0.3) is 0 Å². The Morgan fingerprint density at radius 3 is 2.59 bits per heavy atom. The summed E-state index contributed by atoms with van der Waals surface area (Å²) >= 11 is 0. The van der Waals surface area contributed by atoms with Gasteiger partial charge in [0.1, 0.15) is 11.4 Å². The fourth-order valence-corrected chi connectivity index (χ4v) is 2.02. The molecule has 0 bridgehead atoms. The maximum absolute atomic E-state index is 12.1. The van der Waals surface area contributed by atoms with Crippen LogP contribution in [0.3, 0.4) is 0 Å². The number of nitrogens with zero attached hydrogens (tertiary/aromatic N) is 2. The number of amidine groups is 1. The third kappa shape index (κ3) is 7.11. The zero-order valence-corrected chi connectivity index (χ0v) is 14.9. The quantitative estimate of drug-likeness (QED) is 0.846. The van der Waals surface area contributed by atoms with Crippen molar-refractivity contribution >= 4 is 11.9 Å². The highest BCUT2D eigenvalue weighted by Crippen LogP contribution is 2.19. The van der Waals surface area contributed by atoms with E-state index in [4.69, 9.17) is 9.47 Å². The molecule has 1 heterocycles. The van der Waals surface area contributed by atoms with Gasteiger partial charge in [0, 0.05) is 26.8 Å². The average molecular weight is 313 g/mol. The lowest BCUT2D eigenvalue weighted by molar-refractivity contribution is 0.0276. The van der Waals surface area contributed by atoms with Crippen LogP contribution in [-0.2, 0) is 9.47 Å². The van der Waals surface area contributed by atoms with E-state index in [9.17, 15) is 4.79 Å². The lowest BCUT2D eigenvalue weighted by Gasteiger charge is -2.31. The summed E-state index contributed by atoms with van der Waals surface area (Å²) in [6.45, 7) is 13.2. The number of hydrogen-bond donors (Lipinski definition) is 1. The Hall–Kier alpha value is -1.30. The number of rotatable bonds is 5. The molecule has 0 aromatic rings. The molecule has 0 aliphatic carbocycles. The molecule has 1 rings (SSSR count). The highest BCUT2D eigenvalue weighted by Gasteiger charge is 2.26. The molecule has 1 N–H and O–H groups in total. The van der Waals surface area contributed by atoms with E-state index in [-0.39, 0.29) is 11.5 Å². The molecule has 6 nitrogen and oxygen atoms in total. The molecule has 0 aromatic carbocycles. The van der Waals surface area contributed by atoms with E-state index in [2.05, 4.69) is 24.2 Å². The lowest BCUT2D eigenvalue weighted by Crippen LogP contribution is -2.48. The number of methoxy groups -OCH3 is 1. The molecule has 22 heavy (non-hydrogen) atoms. The van der Waals surface area contributed by atoms with E-state index < -0.39 is 5.60 Å². The van der Waals surface area contributed by atoms with E-state index in [0.29, 0.717) is 19.6 Å². The summed E-state index contributed by atoms with van der Waals surface area (Å²) < 4.78 is 10.5. The Morgan fingerprint density at radius 1 is 1.32 bits per heavy atom. The molecule has 0 aromatic heterocycles. The van der Waals surface area contributed by atoms with Crippen LogP contribution in [0.1, 0.15) is 41.0 Å². The molecule has 1 amide bonds. The van der Waals surface area contributed by atoms with Crippen LogP contribution >= 0.6 is 0 Å². The molecule has 0 saturated carbocycles. The monoisotopic (exact) mass is 313 g/mol. The van der Waals surface area contributed by atoms with Crippen LogP contribution in [0.15, 0.2) is 4.99 Å². The molecule has 6 heteroatoms. The summed E-state index contributed by atoms with van der Waals surface area (Å²) in [6, 6.07) is 0. The van der Waals surface area contributed by atoms with Crippen LogP contribution in [-0.4, -0.2) is 62.3 Å². The van der Waals surface area contributed by atoms with E-state index in [1.807, 2.05) is 20.8 Å². The topological polar surface area (TPSA) is 63.2 Å². The molecule has 1 aliphatic heterocycles. The van der Waals surface area contributed by atoms with E-state index >= 15 is 0 Å². The fourth-order valence-electron chi connectivity index (χ4n) is 2.02. The minimum atomic E-state index is -0.471. The Morgan fingerprint density at radius 2 is 2.00 bits per heavy atom. The maximum atomic E-state index is 12.1. The number of ether oxygens (including phenoxy) is 2. The van der Waals surface area contributed by atoms with Crippen LogP contribution in [0, 0.1) is 5.41 Å². The van der Waals surface area contributed by atoms with Crippen molar-refractivity contribution in [3.63, 3.8) is 0 Å². The predicted octanol–water partition coefficient (Wildman–Crippen LogP) is 2.29. The van der Waals surface area contributed by atoms with Crippen molar-refractivity contribution in [3.05, 3.63) is 0 Å². The van der Waals surface area contributed by atoms with E-state index in [1.165, 1.54) is 0 Å². The second-order valence-electron chi connectivity index (χ2n) is 7.49. The van der Waals surface area contributed by atoms with Crippen molar-refractivity contribution in [3.8, 4) is 0 Å². The number of aliphatic imine (C=N–C) groups is 1. The van der Waals surface area contributed by atoms with Gasteiger partial charge in [-0.3, -0.25) is 9.89 Å². The summed E-state index contributed by atoms with van der Waals surface area (Å²) in [5, 5.41) is 3.36. The molecule has 0 spiro atoms. The van der Waals surface area contributed by atoms with Crippen LogP contribution in [0.4, 0.5) is 4.79 Å². The van der Waals surface area contributed by atoms with Gasteiger partial charge >= 0.3 is 6.09 Å². The largest absolute Gasteiger partial charge is 0.444 e. The van der Waals surface area contributed by atoms with Gasteiger partial charge in [-0.2, -0.15) is 0 Å². The first-order valence-electron chi connectivity index (χ1n) is 7.87. The zero-order valence-electron chi connectivity index (χ0n) is 14.9. The van der Waals surface area contributed by atoms with Crippen molar-refractivity contribution in [1.29, 1.82) is 0 Å². The minimum absolute atomic E-state index is 0.118. The van der Waals surface area contributed by atoms with Crippen LogP contribution in [0.25, 0.3) is 0 Å². The van der Waals surface area contributed by atoms with Crippen molar-refractivity contribution in [1.82, 2.24) is 10.2 Å². The molecule has 128 valence electrons. The molecule has 0 atom stereocenters. The second kappa shape index (κ2) is 7.81. The third-order valence-electron chi connectivity index (χ3n) is 3.42. The van der Waals surface area contributed by atoms with Crippen molar-refractivity contribution in [2.24, 2.45) is 10.4 Å². The average Bonchev–Trinajstić information content (AvgIpc) is 2.42. The molecule has 0 radical (unpaired) electrons. The summed E-state index contributed by atoms with van der Waals surface area (Å²) in [4.78, 5) is 18.3. The normalized spacial score (nSPS) is 16.3. The summed E-state index contributed by atoms with van der Waals surface area (Å²) in [6.07, 6.45) is 0.694. The Labute approximate surface area is 134 Å². The van der Waals surface area contributed by atoms with Gasteiger partial charge < -0.3 is 14.8 Å². The van der Waals surface area contributed by atoms with Crippen LogP contribution < -0.4 is 5.32 Å². The highest BCUT2D eigenvalue weighted by atomic mass is 16.6. The van der Waals surface area contributed by atoms with E-state index in [1.54, 1.807) is 12.0 Å². The summed E-state index contributed by atoms with van der Waals surface area (Å²) in [7, 11) is 1.72. The molecule has 0 fully saturated rings. The molecular weight excluding hydrogens is 282 g/mol. The van der Waals surface area contributed by atoms with Gasteiger partial charge in [-0.15, -0.1) is 0 Å². The Balaban J connectivity index is 2.46. The number of amides is 1. The van der Waals surface area contributed by atoms with Gasteiger partial charge in [0.2, 0.25) is 0 Å². The minimum Gasteiger partial charge on any atom is -0.444 e. The Bertz CT molecular complexity index is 400. The van der Waals surface area contributed by atoms with Crippen molar-refractivity contribution in [2.45, 2.75) is 46.6 Å². The van der Waals surface area contributed by atoms with E-state index in [0.717, 1.165) is 25.4 Å². The SMILES string of the molecule is COCCC(C)(C)CNC1=NCCN(C(=O)OC(C)(C)C)C1. The first-order chi connectivity index (χ1) is 10.1. The maximum Gasteiger partial charge on any atom is 0.410 e. The van der Waals surface area contributed by atoms with Crippen LogP contribution in [0.5, 0.6) is 0 Å². The fraction of sp³-hybridized carbons (Fsp3) is 0.875. The van der Waals surface area contributed by atoms with Crippen molar-refractivity contribution in [2.75, 3.05) is 39.9 Å². The van der Waals surface area contributed by atoms with Gasteiger partial charge in [0.15, 0.2) is 0 Å². The van der Waals surface area contributed by atoms with Crippen LogP contribution in [0.2, 0.25) is 0 Å². The number of hydrogen-bond acceptors (Lipinski definition) is 5. The second-order valence-corrected chi connectivity index (χ2v) is 7.49. The number of nitrogens with one attached hydrogen (secondary N) is 1. The summed E-state index contributed by atoms with van der Waals surface area (Å²) in [5.74, 6) is 0.850. The first kappa shape index (κ1) is 18.7. The molecular formula is C16H31N3O3. The first-order valence-corrected chi connectivity index (χ1v) is 7.87. The summed E-state index contributed by atoms with van der Waals surface area (Å²) in [5.41, 5.74) is -0.353. The smallest absolute Gasteiger partial charge is 0.410 e. The Kier molecular flexibility index (Phi) is 6.66. The molecule has 0 saturated heterocycles. The van der Waals surface area contributed by atoms with Gasteiger partial charge in [-0.05, 0) is 32.6 Å².